The Morgan fingerprint density at radius 3 is 2.72 bits per heavy atom. The maximum Gasteiger partial charge on any atom is 0.192 e. The molecular weight excluding hydrogens is 362 g/mol. The molecule has 1 aliphatic heterocycles. The predicted octanol–water partition coefficient (Wildman–Crippen LogP) is 3.32. The van der Waals surface area contributed by atoms with Crippen LogP contribution in [-0.4, -0.2) is 40.4 Å². The Hall–Kier alpha value is -2.57. The average Bonchev–Trinajstić information content (AvgIpc) is 3.38. The first-order chi connectivity index (χ1) is 14.1. The van der Waals surface area contributed by atoms with E-state index in [1.54, 1.807) is 0 Å². The Morgan fingerprint density at radius 1 is 1.24 bits per heavy atom. The topological polar surface area (TPSA) is 70.4 Å². The van der Waals surface area contributed by atoms with Crippen LogP contribution in [0.1, 0.15) is 62.8 Å². The van der Waals surface area contributed by atoms with Gasteiger partial charge in [-0.15, -0.1) is 10.2 Å². The largest absolute Gasteiger partial charge is 0.372 e. The van der Waals surface area contributed by atoms with Crippen molar-refractivity contribution in [2.75, 3.05) is 24.5 Å². The Balaban J connectivity index is 1.69. The number of anilines is 1. The molecule has 1 aromatic heterocycles. The molecular formula is C22H35N7. The van der Waals surface area contributed by atoms with Crippen molar-refractivity contribution < 1.29 is 0 Å². The summed E-state index contributed by atoms with van der Waals surface area (Å²) in [6, 6.07) is 9.02. The molecule has 2 N–H and O–H groups in total. The number of aromatic nitrogens is 3. The van der Waals surface area contributed by atoms with Gasteiger partial charge in [-0.3, -0.25) is 0 Å². The number of hydrogen-bond acceptors (Lipinski definition) is 4. The molecule has 1 fully saturated rings. The van der Waals surface area contributed by atoms with Gasteiger partial charge in [-0.05, 0) is 50.8 Å². The lowest BCUT2D eigenvalue weighted by Gasteiger charge is -2.22. The maximum absolute atomic E-state index is 4.77. The fraction of sp³-hybridized carbons (Fsp3) is 0.591. The third-order valence-electron chi connectivity index (χ3n) is 5.58. The van der Waals surface area contributed by atoms with Crippen LogP contribution in [0, 0.1) is 6.92 Å². The van der Waals surface area contributed by atoms with Gasteiger partial charge in [0.05, 0.1) is 6.04 Å². The zero-order valence-corrected chi connectivity index (χ0v) is 18.3. The van der Waals surface area contributed by atoms with E-state index in [9.17, 15) is 0 Å². The van der Waals surface area contributed by atoms with E-state index >= 15 is 0 Å². The summed E-state index contributed by atoms with van der Waals surface area (Å²) in [5, 5.41) is 15.4. The molecule has 158 valence electrons. The number of nitrogens with one attached hydrogen (secondary N) is 2. The third-order valence-corrected chi connectivity index (χ3v) is 5.58. The lowest BCUT2D eigenvalue weighted by Crippen LogP contribution is -2.39. The minimum Gasteiger partial charge on any atom is -0.372 e. The number of nitrogens with zero attached hydrogens (tertiary/aromatic N) is 5. The fourth-order valence-corrected chi connectivity index (χ4v) is 3.53. The quantitative estimate of drug-likeness (QED) is 0.406. The Kier molecular flexibility index (Phi) is 7.49. The number of rotatable bonds is 8. The summed E-state index contributed by atoms with van der Waals surface area (Å²) >= 11 is 0. The van der Waals surface area contributed by atoms with Crippen molar-refractivity contribution in [3.8, 4) is 0 Å². The molecule has 1 unspecified atom stereocenters. The monoisotopic (exact) mass is 397 g/mol. The highest BCUT2D eigenvalue weighted by atomic mass is 15.3. The molecule has 2 aromatic rings. The zero-order valence-electron chi connectivity index (χ0n) is 18.3. The van der Waals surface area contributed by atoms with Gasteiger partial charge in [0.25, 0.3) is 0 Å². The molecule has 1 aliphatic rings. The number of aliphatic imine (C=N–C) groups is 1. The third kappa shape index (κ3) is 5.71. The van der Waals surface area contributed by atoms with E-state index in [1.807, 2.05) is 18.5 Å². The van der Waals surface area contributed by atoms with Crippen LogP contribution in [0.5, 0.6) is 0 Å². The van der Waals surface area contributed by atoms with Crippen molar-refractivity contribution in [1.82, 2.24) is 25.4 Å². The first kappa shape index (κ1) is 21.1. The number of unbranched alkanes of at least 4 members (excludes halogenated alkanes) is 1. The van der Waals surface area contributed by atoms with Gasteiger partial charge in [0, 0.05) is 32.4 Å². The molecule has 3 rings (SSSR count). The second kappa shape index (κ2) is 10.3. The molecule has 0 amide bonds. The van der Waals surface area contributed by atoms with Crippen LogP contribution in [0.4, 0.5) is 5.69 Å². The van der Waals surface area contributed by atoms with E-state index < -0.39 is 0 Å². The maximum atomic E-state index is 4.77. The molecule has 0 aliphatic carbocycles. The van der Waals surface area contributed by atoms with E-state index in [4.69, 9.17) is 4.99 Å². The zero-order chi connectivity index (χ0) is 20.6. The van der Waals surface area contributed by atoms with Crippen molar-refractivity contribution in [3.05, 3.63) is 41.5 Å². The fourth-order valence-electron chi connectivity index (χ4n) is 3.53. The second-order valence-corrected chi connectivity index (χ2v) is 7.82. The van der Waals surface area contributed by atoms with E-state index in [0.29, 0.717) is 6.54 Å². The van der Waals surface area contributed by atoms with E-state index in [0.717, 1.165) is 50.1 Å². The summed E-state index contributed by atoms with van der Waals surface area (Å²) in [6.45, 7) is 10.1. The molecule has 29 heavy (non-hydrogen) atoms. The lowest BCUT2D eigenvalue weighted by molar-refractivity contribution is 0.662. The SMILES string of the molecule is CCCCNC(=NCc1nnc(C)n1C)NC(C)c1cccc(N2CCCC2)c1. The first-order valence-corrected chi connectivity index (χ1v) is 10.8. The second-order valence-electron chi connectivity index (χ2n) is 7.82. The van der Waals surface area contributed by atoms with Gasteiger partial charge in [0.15, 0.2) is 11.8 Å². The van der Waals surface area contributed by atoms with Gasteiger partial charge >= 0.3 is 0 Å². The summed E-state index contributed by atoms with van der Waals surface area (Å²) in [6.07, 6.45) is 4.84. The Morgan fingerprint density at radius 2 is 2.03 bits per heavy atom. The molecule has 0 bridgehead atoms. The highest BCUT2D eigenvalue weighted by Crippen LogP contribution is 2.24. The summed E-state index contributed by atoms with van der Waals surface area (Å²) in [7, 11) is 1.98. The highest BCUT2D eigenvalue weighted by molar-refractivity contribution is 5.80. The molecule has 1 saturated heterocycles. The minimum absolute atomic E-state index is 0.159. The molecule has 1 aromatic carbocycles. The first-order valence-electron chi connectivity index (χ1n) is 10.8. The van der Waals surface area contributed by atoms with Crippen molar-refractivity contribution in [2.24, 2.45) is 12.0 Å². The van der Waals surface area contributed by atoms with Crippen molar-refractivity contribution in [1.29, 1.82) is 0 Å². The normalized spacial score (nSPS) is 15.6. The molecule has 7 nitrogen and oxygen atoms in total. The molecule has 0 saturated carbocycles. The number of benzene rings is 1. The van der Waals surface area contributed by atoms with Gasteiger partial charge in [0.2, 0.25) is 0 Å². The molecule has 1 atom stereocenters. The molecule has 7 heteroatoms. The summed E-state index contributed by atoms with van der Waals surface area (Å²) < 4.78 is 1.98. The predicted molar refractivity (Wildman–Crippen MR) is 119 cm³/mol. The molecule has 0 radical (unpaired) electrons. The van der Waals surface area contributed by atoms with Crippen LogP contribution in [0.2, 0.25) is 0 Å². The minimum atomic E-state index is 0.159. The van der Waals surface area contributed by atoms with Gasteiger partial charge in [0.1, 0.15) is 12.4 Å². The van der Waals surface area contributed by atoms with E-state index in [-0.39, 0.29) is 6.04 Å². The molecule has 2 heterocycles. The summed E-state index contributed by atoms with van der Waals surface area (Å²) in [4.78, 5) is 7.24. The van der Waals surface area contributed by atoms with Crippen LogP contribution in [0.3, 0.4) is 0 Å². The molecule has 0 spiro atoms. The number of hydrogen-bond donors (Lipinski definition) is 2. The van der Waals surface area contributed by atoms with Gasteiger partial charge in [-0.1, -0.05) is 25.5 Å². The Labute approximate surface area is 174 Å². The standard InChI is InChI=1S/C22H35N7/c1-5-6-12-23-22(24-16-21-27-26-18(3)28(21)4)25-17(2)19-10-9-11-20(15-19)29-13-7-8-14-29/h9-11,15,17H,5-8,12-14,16H2,1-4H3,(H2,23,24,25). The van der Waals surface area contributed by atoms with Crippen molar-refractivity contribution in [3.63, 3.8) is 0 Å². The van der Waals surface area contributed by atoms with Gasteiger partial charge in [-0.2, -0.15) is 0 Å². The van der Waals surface area contributed by atoms with Crippen LogP contribution >= 0.6 is 0 Å². The van der Waals surface area contributed by atoms with Gasteiger partial charge < -0.3 is 20.1 Å². The lowest BCUT2D eigenvalue weighted by atomic mass is 10.1. The smallest absolute Gasteiger partial charge is 0.192 e. The van der Waals surface area contributed by atoms with Crippen LogP contribution in [0.25, 0.3) is 0 Å². The summed E-state index contributed by atoms with van der Waals surface area (Å²) in [5.41, 5.74) is 2.59. The van der Waals surface area contributed by atoms with E-state index in [1.165, 1.54) is 24.1 Å². The van der Waals surface area contributed by atoms with Crippen LogP contribution < -0.4 is 15.5 Å². The highest BCUT2D eigenvalue weighted by Gasteiger charge is 2.15. The number of guanidine groups is 1. The van der Waals surface area contributed by atoms with Gasteiger partial charge in [-0.25, -0.2) is 4.99 Å². The average molecular weight is 398 g/mol. The van der Waals surface area contributed by atoms with Crippen molar-refractivity contribution >= 4 is 11.6 Å². The van der Waals surface area contributed by atoms with Crippen LogP contribution in [0.15, 0.2) is 29.3 Å². The Bertz CT molecular complexity index is 805. The van der Waals surface area contributed by atoms with Crippen molar-refractivity contribution in [2.45, 2.75) is 59.0 Å². The van der Waals surface area contributed by atoms with E-state index in [2.05, 4.69) is 63.8 Å². The van der Waals surface area contributed by atoms with Crippen LogP contribution in [-0.2, 0) is 13.6 Å². The summed E-state index contributed by atoms with van der Waals surface area (Å²) in [5.74, 6) is 2.58. The number of aryl methyl sites for hydroxylation is 1.